The van der Waals surface area contributed by atoms with Crippen LogP contribution in [0.25, 0.3) is 0 Å². The molecule has 2 aromatic carbocycles. The third-order valence-electron chi connectivity index (χ3n) is 3.44. The number of aryl methyl sites for hydroxylation is 1. The lowest BCUT2D eigenvalue weighted by molar-refractivity contribution is 0.326. The molecule has 0 atom stereocenters. The lowest BCUT2D eigenvalue weighted by Crippen LogP contribution is -2.23. The Balaban J connectivity index is 1.85. The van der Waals surface area contributed by atoms with E-state index in [0.717, 1.165) is 18.7 Å². The van der Waals surface area contributed by atoms with Gasteiger partial charge in [-0.1, -0.05) is 25.1 Å². The van der Waals surface area contributed by atoms with E-state index in [9.17, 15) is 0 Å². The molecule has 3 heteroatoms. The summed E-state index contributed by atoms with van der Waals surface area (Å²) in [5, 5.41) is 8.85. The predicted molar refractivity (Wildman–Crippen MR) is 85.7 cm³/mol. The van der Waals surface area contributed by atoms with Gasteiger partial charge in [0.15, 0.2) is 0 Å². The van der Waals surface area contributed by atoms with Gasteiger partial charge in [-0.3, -0.25) is 0 Å². The average molecular weight is 280 g/mol. The van der Waals surface area contributed by atoms with Gasteiger partial charge in [0.2, 0.25) is 0 Å². The SMILES string of the molecule is CCc1ccc(N(C)CCOc2cccc(C#N)c2)cc1. The zero-order valence-electron chi connectivity index (χ0n) is 12.5. The minimum absolute atomic E-state index is 0.584. The molecule has 0 spiro atoms. The Kier molecular flexibility index (Phi) is 5.22. The zero-order chi connectivity index (χ0) is 15.1. The van der Waals surface area contributed by atoms with Gasteiger partial charge in [-0.2, -0.15) is 5.26 Å². The van der Waals surface area contributed by atoms with Crippen molar-refractivity contribution in [1.82, 2.24) is 0 Å². The second kappa shape index (κ2) is 7.35. The Morgan fingerprint density at radius 1 is 1.14 bits per heavy atom. The first-order valence-corrected chi connectivity index (χ1v) is 7.16. The van der Waals surface area contributed by atoms with Gasteiger partial charge in [0.05, 0.1) is 18.2 Å². The van der Waals surface area contributed by atoms with E-state index in [4.69, 9.17) is 10.00 Å². The minimum atomic E-state index is 0.584. The molecule has 0 bridgehead atoms. The number of ether oxygens (including phenoxy) is 1. The van der Waals surface area contributed by atoms with Crippen molar-refractivity contribution >= 4 is 5.69 Å². The first-order chi connectivity index (χ1) is 10.2. The van der Waals surface area contributed by atoms with Crippen LogP contribution in [0.4, 0.5) is 5.69 Å². The van der Waals surface area contributed by atoms with Crippen molar-refractivity contribution < 1.29 is 4.74 Å². The number of anilines is 1. The van der Waals surface area contributed by atoms with Crippen molar-refractivity contribution in [2.75, 3.05) is 25.1 Å². The molecule has 3 nitrogen and oxygen atoms in total. The molecule has 0 heterocycles. The Labute approximate surface area is 126 Å². The van der Waals surface area contributed by atoms with Crippen LogP contribution in [0.15, 0.2) is 48.5 Å². The maximum atomic E-state index is 8.85. The number of rotatable bonds is 6. The molecular formula is C18H20N2O. The van der Waals surface area contributed by atoms with Crippen LogP contribution in [0.1, 0.15) is 18.1 Å². The fourth-order valence-electron chi connectivity index (χ4n) is 2.07. The number of nitrogens with zero attached hydrogens (tertiary/aromatic N) is 2. The van der Waals surface area contributed by atoms with E-state index in [1.165, 1.54) is 11.3 Å². The number of likely N-dealkylation sites (N-methyl/N-ethyl adjacent to an activating group) is 1. The van der Waals surface area contributed by atoms with E-state index >= 15 is 0 Å². The van der Waals surface area contributed by atoms with Gasteiger partial charge in [0.1, 0.15) is 12.4 Å². The Bertz CT molecular complexity index is 614. The lowest BCUT2D eigenvalue weighted by Gasteiger charge is -2.19. The standard InChI is InChI=1S/C18H20N2O/c1-3-15-7-9-17(10-8-15)20(2)11-12-21-18-6-4-5-16(13-18)14-19/h4-10,13H,3,11-12H2,1-2H3. The van der Waals surface area contributed by atoms with Crippen molar-refractivity contribution in [2.24, 2.45) is 0 Å². The summed E-state index contributed by atoms with van der Waals surface area (Å²) >= 11 is 0. The first kappa shape index (κ1) is 14.9. The summed E-state index contributed by atoms with van der Waals surface area (Å²) in [6, 6.07) is 17.9. The molecule has 0 N–H and O–H groups in total. The summed E-state index contributed by atoms with van der Waals surface area (Å²) in [7, 11) is 2.05. The monoisotopic (exact) mass is 280 g/mol. The van der Waals surface area contributed by atoms with E-state index in [1.807, 2.05) is 12.1 Å². The van der Waals surface area contributed by atoms with Gasteiger partial charge in [-0.25, -0.2) is 0 Å². The van der Waals surface area contributed by atoms with E-state index in [0.29, 0.717) is 12.2 Å². The van der Waals surface area contributed by atoms with Crippen LogP contribution in [0.2, 0.25) is 0 Å². The Hall–Kier alpha value is -2.47. The summed E-state index contributed by atoms with van der Waals surface area (Å²) in [4.78, 5) is 2.16. The molecule has 108 valence electrons. The highest BCUT2D eigenvalue weighted by Gasteiger charge is 2.02. The van der Waals surface area contributed by atoms with Crippen LogP contribution >= 0.6 is 0 Å². The molecule has 2 aromatic rings. The molecule has 0 aromatic heterocycles. The molecule has 0 unspecified atom stereocenters. The third-order valence-corrected chi connectivity index (χ3v) is 3.44. The van der Waals surface area contributed by atoms with Gasteiger partial charge in [-0.05, 0) is 42.3 Å². The minimum Gasteiger partial charge on any atom is -0.492 e. The smallest absolute Gasteiger partial charge is 0.120 e. The molecule has 21 heavy (non-hydrogen) atoms. The van der Waals surface area contributed by atoms with Gasteiger partial charge in [0, 0.05) is 12.7 Å². The van der Waals surface area contributed by atoms with Crippen LogP contribution in [-0.2, 0) is 6.42 Å². The summed E-state index contributed by atoms with van der Waals surface area (Å²) in [6.45, 7) is 3.53. The second-order valence-electron chi connectivity index (χ2n) is 4.93. The van der Waals surface area contributed by atoms with Gasteiger partial charge in [-0.15, -0.1) is 0 Å². The molecule has 0 aliphatic carbocycles. The molecule has 0 radical (unpaired) electrons. The molecule has 0 saturated heterocycles. The van der Waals surface area contributed by atoms with Crippen LogP contribution in [-0.4, -0.2) is 20.2 Å². The number of benzene rings is 2. The maximum absolute atomic E-state index is 8.85. The van der Waals surface area contributed by atoms with Crippen molar-refractivity contribution in [3.05, 3.63) is 59.7 Å². The van der Waals surface area contributed by atoms with Gasteiger partial charge < -0.3 is 9.64 Å². The summed E-state index contributed by atoms with van der Waals surface area (Å²) < 4.78 is 5.69. The Morgan fingerprint density at radius 2 is 1.90 bits per heavy atom. The molecule has 0 aliphatic rings. The number of nitriles is 1. The quantitative estimate of drug-likeness (QED) is 0.810. The molecule has 0 saturated carbocycles. The zero-order valence-corrected chi connectivity index (χ0v) is 12.5. The highest BCUT2D eigenvalue weighted by molar-refractivity contribution is 5.46. The average Bonchev–Trinajstić information content (AvgIpc) is 2.55. The summed E-state index contributed by atoms with van der Waals surface area (Å²) in [5.74, 6) is 0.740. The van der Waals surface area contributed by atoms with Crippen molar-refractivity contribution in [1.29, 1.82) is 5.26 Å². The van der Waals surface area contributed by atoms with Crippen molar-refractivity contribution in [2.45, 2.75) is 13.3 Å². The number of hydrogen-bond acceptors (Lipinski definition) is 3. The van der Waals surface area contributed by atoms with E-state index in [2.05, 4.69) is 49.2 Å². The van der Waals surface area contributed by atoms with E-state index in [-0.39, 0.29) is 0 Å². The molecule has 0 amide bonds. The van der Waals surface area contributed by atoms with Crippen molar-refractivity contribution in [3.63, 3.8) is 0 Å². The Morgan fingerprint density at radius 3 is 2.57 bits per heavy atom. The molecular weight excluding hydrogens is 260 g/mol. The summed E-state index contributed by atoms with van der Waals surface area (Å²) in [5.41, 5.74) is 3.15. The van der Waals surface area contributed by atoms with Gasteiger partial charge >= 0.3 is 0 Å². The first-order valence-electron chi connectivity index (χ1n) is 7.16. The highest BCUT2D eigenvalue weighted by atomic mass is 16.5. The molecule has 0 aliphatic heterocycles. The third kappa shape index (κ3) is 4.25. The topological polar surface area (TPSA) is 36.3 Å². The number of hydrogen-bond donors (Lipinski definition) is 0. The normalized spacial score (nSPS) is 9.95. The predicted octanol–water partition coefficient (Wildman–Crippen LogP) is 3.64. The molecule has 0 fully saturated rings. The maximum Gasteiger partial charge on any atom is 0.120 e. The molecule has 2 rings (SSSR count). The second-order valence-corrected chi connectivity index (χ2v) is 4.93. The summed E-state index contributed by atoms with van der Waals surface area (Å²) in [6.07, 6.45) is 1.06. The van der Waals surface area contributed by atoms with Gasteiger partial charge in [0.25, 0.3) is 0 Å². The van der Waals surface area contributed by atoms with Crippen LogP contribution in [0, 0.1) is 11.3 Å². The highest BCUT2D eigenvalue weighted by Crippen LogP contribution is 2.15. The van der Waals surface area contributed by atoms with Crippen LogP contribution in [0.3, 0.4) is 0 Å². The largest absolute Gasteiger partial charge is 0.492 e. The van der Waals surface area contributed by atoms with Crippen molar-refractivity contribution in [3.8, 4) is 11.8 Å². The van der Waals surface area contributed by atoms with Crippen LogP contribution < -0.4 is 9.64 Å². The fraction of sp³-hybridized carbons (Fsp3) is 0.278. The van der Waals surface area contributed by atoms with E-state index in [1.54, 1.807) is 12.1 Å². The van der Waals surface area contributed by atoms with Crippen LogP contribution in [0.5, 0.6) is 5.75 Å². The fourth-order valence-corrected chi connectivity index (χ4v) is 2.07. The van der Waals surface area contributed by atoms with E-state index < -0.39 is 0 Å². The lowest BCUT2D eigenvalue weighted by atomic mass is 10.1.